The van der Waals surface area contributed by atoms with Crippen molar-refractivity contribution >= 4 is 11.9 Å². The number of esters is 2. The molecular formula is C48H84N2O4. The lowest BCUT2D eigenvalue weighted by molar-refractivity contribution is -0.144. The maximum atomic E-state index is 12.6. The molecule has 6 nitrogen and oxygen atoms in total. The van der Waals surface area contributed by atoms with E-state index in [1.54, 1.807) is 0 Å². The highest BCUT2D eigenvalue weighted by atomic mass is 16.5. The SMILES string of the molecule is CCCCC/C=C\C/C=C\CCCCCCCCOC(=O)CCN(CCC(=O)OCCCCCCCC/C=C\C/C=C\CCCCC)C1CN2CCC1C2. The zero-order valence-corrected chi connectivity index (χ0v) is 35.3. The number of carbonyl (C=O) groups is 2. The fourth-order valence-electron chi connectivity index (χ4n) is 7.78. The van der Waals surface area contributed by atoms with E-state index in [9.17, 15) is 9.59 Å². The van der Waals surface area contributed by atoms with Crippen LogP contribution in [0.1, 0.15) is 187 Å². The highest BCUT2D eigenvalue weighted by molar-refractivity contribution is 5.70. The van der Waals surface area contributed by atoms with Gasteiger partial charge >= 0.3 is 11.9 Å². The lowest BCUT2D eigenvalue weighted by Gasteiger charge is -2.34. The fourth-order valence-corrected chi connectivity index (χ4v) is 7.78. The van der Waals surface area contributed by atoms with Gasteiger partial charge in [0.25, 0.3) is 0 Å². The van der Waals surface area contributed by atoms with Crippen molar-refractivity contribution in [3.8, 4) is 0 Å². The van der Waals surface area contributed by atoms with Gasteiger partial charge in [0.1, 0.15) is 0 Å². The Morgan fingerprint density at radius 1 is 0.537 bits per heavy atom. The number of hydrogen-bond acceptors (Lipinski definition) is 6. The van der Waals surface area contributed by atoms with E-state index in [2.05, 4.69) is 72.3 Å². The van der Waals surface area contributed by atoms with E-state index in [-0.39, 0.29) is 11.9 Å². The molecule has 3 unspecified atom stereocenters. The maximum absolute atomic E-state index is 12.6. The zero-order valence-electron chi connectivity index (χ0n) is 35.3. The lowest BCUT2D eigenvalue weighted by Crippen LogP contribution is -2.45. The van der Waals surface area contributed by atoms with Gasteiger partial charge in [-0.15, -0.1) is 0 Å². The standard InChI is InChI=1S/C48H84N2O4/c1-3-5-7-9-11-13-15-17-19-21-23-25-27-29-31-33-41-53-47(51)36-39-50(46-44-49-38-35-45(46)43-49)40-37-48(52)54-42-34-32-30-28-26-24-22-20-18-16-14-12-10-8-6-4-2/h11-14,17-20,45-46H,3-10,15-16,21-44H2,1-2H3/b13-11-,14-12-,19-17-,20-18-. The number of unbranched alkanes of at least 4 members (excludes halogenated alkanes) is 18. The summed E-state index contributed by atoms with van der Waals surface area (Å²) in [6.45, 7) is 10.3. The Bertz CT molecular complexity index is 954. The van der Waals surface area contributed by atoms with Crippen molar-refractivity contribution in [2.45, 2.75) is 193 Å². The van der Waals surface area contributed by atoms with Crippen molar-refractivity contribution in [1.82, 2.24) is 9.80 Å². The molecule has 0 spiro atoms. The van der Waals surface area contributed by atoms with Crippen LogP contribution in [0.3, 0.4) is 0 Å². The molecule has 0 amide bonds. The molecule has 0 aliphatic carbocycles. The van der Waals surface area contributed by atoms with Crippen LogP contribution in [0, 0.1) is 5.92 Å². The summed E-state index contributed by atoms with van der Waals surface area (Å²) in [5, 5.41) is 0. The molecule has 2 aliphatic heterocycles. The molecule has 0 aromatic carbocycles. The highest BCUT2D eigenvalue weighted by Gasteiger charge is 2.41. The van der Waals surface area contributed by atoms with E-state index in [1.165, 1.54) is 129 Å². The first-order valence-corrected chi connectivity index (χ1v) is 23.0. The van der Waals surface area contributed by atoms with Gasteiger partial charge < -0.3 is 14.4 Å². The topological polar surface area (TPSA) is 59.1 Å². The second-order valence-electron chi connectivity index (χ2n) is 16.0. The Kier molecular flexibility index (Phi) is 31.3. The van der Waals surface area contributed by atoms with Crippen molar-refractivity contribution in [2.75, 3.05) is 45.9 Å². The monoisotopic (exact) mass is 753 g/mol. The molecule has 2 fully saturated rings. The second kappa shape index (κ2) is 35.2. The molecular weight excluding hydrogens is 669 g/mol. The molecule has 310 valence electrons. The summed E-state index contributed by atoms with van der Waals surface area (Å²) in [5.41, 5.74) is 0. The van der Waals surface area contributed by atoms with Crippen molar-refractivity contribution in [3.63, 3.8) is 0 Å². The molecule has 3 atom stereocenters. The first-order chi connectivity index (χ1) is 26.6. The lowest BCUT2D eigenvalue weighted by atomic mass is 9.98. The van der Waals surface area contributed by atoms with E-state index in [1.807, 2.05) is 0 Å². The highest BCUT2D eigenvalue weighted by Crippen LogP contribution is 2.31. The molecule has 0 aromatic rings. The number of piperidine rings is 1. The van der Waals surface area contributed by atoms with Gasteiger partial charge in [-0.1, -0.05) is 140 Å². The average molecular weight is 753 g/mol. The molecule has 0 aromatic heterocycles. The quantitative estimate of drug-likeness (QED) is 0.0358. The van der Waals surface area contributed by atoms with Gasteiger partial charge in [0.2, 0.25) is 0 Å². The van der Waals surface area contributed by atoms with E-state index in [0.29, 0.717) is 51.1 Å². The van der Waals surface area contributed by atoms with Gasteiger partial charge in [-0.05, 0) is 95.9 Å². The van der Waals surface area contributed by atoms with Crippen molar-refractivity contribution in [2.24, 2.45) is 5.92 Å². The van der Waals surface area contributed by atoms with Crippen LogP contribution in [0.15, 0.2) is 48.6 Å². The van der Waals surface area contributed by atoms with Crippen molar-refractivity contribution in [1.29, 1.82) is 0 Å². The van der Waals surface area contributed by atoms with Crippen molar-refractivity contribution in [3.05, 3.63) is 48.6 Å². The third-order valence-corrected chi connectivity index (χ3v) is 11.2. The summed E-state index contributed by atoms with van der Waals surface area (Å²) in [7, 11) is 0. The summed E-state index contributed by atoms with van der Waals surface area (Å²) >= 11 is 0. The summed E-state index contributed by atoms with van der Waals surface area (Å²) < 4.78 is 11.2. The molecule has 6 heteroatoms. The van der Waals surface area contributed by atoms with Crippen LogP contribution >= 0.6 is 0 Å². The summed E-state index contributed by atoms with van der Waals surface area (Å²) in [6.07, 6.45) is 49.5. The summed E-state index contributed by atoms with van der Waals surface area (Å²) in [6, 6.07) is 0.430. The van der Waals surface area contributed by atoms with E-state index in [0.717, 1.165) is 51.6 Å². The predicted molar refractivity (Wildman–Crippen MR) is 230 cm³/mol. The molecule has 2 heterocycles. The third kappa shape index (κ3) is 26.6. The van der Waals surface area contributed by atoms with Gasteiger partial charge in [0, 0.05) is 32.2 Å². The summed E-state index contributed by atoms with van der Waals surface area (Å²) in [5.74, 6) is 0.436. The molecule has 2 rings (SSSR count). The minimum atomic E-state index is -0.106. The van der Waals surface area contributed by atoms with Crippen LogP contribution in [-0.2, 0) is 19.1 Å². The normalized spacial score (nSPS) is 18.5. The van der Waals surface area contributed by atoms with E-state index >= 15 is 0 Å². The first-order valence-electron chi connectivity index (χ1n) is 23.0. The predicted octanol–water partition coefficient (Wildman–Crippen LogP) is 12.5. The van der Waals surface area contributed by atoms with Crippen LogP contribution in [-0.4, -0.2) is 73.7 Å². The van der Waals surface area contributed by atoms with Gasteiger partial charge in [0.15, 0.2) is 0 Å². The molecule has 0 saturated carbocycles. The molecule has 54 heavy (non-hydrogen) atoms. The Morgan fingerprint density at radius 2 is 0.944 bits per heavy atom. The Hall–Kier alpha value is -2.18. The Balaban J connectivity index is 1.46. The molecule has 2 aliphatic rings. The van der Waals surface area contributed by atoms with Crippen LogP contribution in [0.5, 0.6) is 0 Å². The maximum Gasteiger partial charge on any atom is 0.307 e. The number of ether oxygens (including phenoxy) is 2. The van der Waals surface area contributed by atoms with Gasteiger partial charge in [-0.25, -0.2) is 0 Å². The van der Waals surface area contributed by atoms with Gasteiger partial charge in [-0.3, -0.25) is 14.5 Å². The van der Waals surface area contributed by atoms with Crippen molar-refractivity contribution < 1.29 is 19.1 Å². The summed E-state index contributed by atoms with van der Waals surface area (Å²) in [4.78, 5) is 30.2. The number of allylic oxidation sites excluding steroid dienone is 8. The average Bonchev–Trinajstić information content (AvgIpc) is 3.82. The number of carbonyl (C=O) groups excluding carboxylic acids is 2. The number of fused-ring (bicyclic) bond motifs is 2. The van der Waals surface area contributed by atoms with Crippen LogP contribution in [0.2, 0.25) is 0 Å². The largest absolute Gasteiger partial charge is 0.466 e. The molecule has 0 N–H and O–H groups in total. The second-order valence-corrected chi connectivity index (χ2v) is 16.0. The minimum absolute atomic E-state index is 0.106. The van der Waals surface area contributed by atoms with Gasteiger partial charge in [0.05, 0.1) is 26.1 Å². The fraction of sp³-hybridized carbons (Fsp3) is 0.792. The van der Waals surface area contributed by atoms with Crippen LogP contribution in [0.4, 0.5) is 0 Å². The number of rotatable bonds is 37. The molecule has 0 radical (unpaired) electrons. The van der Waals surface area contributed by atoms with Crippen LogP contribution < -0.4 is 0 Å². The third-order valence-electron chi connectivity index (χ3n) is 11.2. The molecule has 2 bridgehead atoms. The first kappa shape index (κ1) is 48.0. The smallest absolute Gasteiger partial charge is 0.307 e. The number of nitrogens with zero attached hydrogens (tertiary/aromatic N) is 2. The Morgan fingerprint density at radius 3 is 1.33 bits per heavy atom. The van der Waals surface area contributed by atoms with Crippen LogP contribution in [0.25, 0.3) is 0 Å². The number of hydrogen-bond donors (Lipinski definition) is 0. The molecule has 2 saturated heterocycles. The zero-order chi connectivity index (χ0) is 38.6. The van der Waals surface area contributed by atoms with E-state index < -0.39 is 0 Å². The minimum Gasteiger partial charge on any atom is -0.466 e. The van der Waals surface area contributed by atoms with Gasteiger partial charge in [-0.2, -0.15) is 0 Å². The Labute approximate surface area is 333 Å². The van der Waals surface area contributed by atoms with E-state index in [4.69, 9.17) is 9.47 Å².